The smallest absolute Gasteiger partial charge is 0.270 e. The van der Waals surface area contributed by atoms with Gasteiger partial charge < -0.3 is 4.74 Å². The number of imidazole rings is 1. The van der Waals surface area contributed by atoms with Crippen LogP contribution in [0.3, 0.4) is 0 Å². The van der Waals surface area contributed by atoms with Crippen LogP contribution in [0.2, 0.25) is 0 Å². The molecule has 0 aliphatic carbocycles. The maximum atomic E-state index is 6.30. The predicted octanol–water partition coefficient (Wildman–Crippen LogP) is 5.58. The van der Waals surface area contributed by atoms with Crippen LogP contribution >= 0.6 is 0 Å². The normalized spacial score (nSPS) is 12.2. The summed E-state index contributed by atoms with van der Waals surface area (Å²) in [4.78, 5) is 0. The summed E-state index contributed by atoms with van der Waals surface area (Å²) >= 11 is 0. The van der Waals surface area contributed by atoms with E-state index >= 15 is 0 Å². The van der Waals surface area contributed by atoms with Crippen LogP contribution in [0.4, 0.5) is 0 Å². The number of hydrogen-bond donors (Lipinski definition) is 0. The second-order valence-electron chi connectivity index (χ2n) is 7.51. The maximum absolute atomic E-state index is 6.30. The first-order valence-electron chi connectivity index (χ1n) is 9.46. The van der Waals surface area contributed by atoms with E-state index < -0.39 is 0 Å². The summed E-state index contributed by atoms with van der Waals surface area (Å²) in [6, 6.07) is 25.4. The minimum absolute atomic E-state index is 0.859. The number of rotatable bonds is 1. The molecule has 4 aromatic carbocycles. The highest BCUT2D eigenvalue weighted by molar-refractivity contribution is 5.88. The highest BCUT2D eigenvalue weighted by atomic mass is 16.5. The Morgan fingerprint density at radius 1 is 0.786 bits per heavy atom. The van der Waals surface area contributed by atoms with Crippen molar-refractivity contribution >= 4 is 21.8 Å². The van der Waals surface area contributed by atoms with Gasteiger partial charge in [-0.15, -0.1) is 0 Å². The number of aryl methyl sites for hydroxylation is 2. The molecule has 1 aliphatic rings. The molecule has 0 unspecified atom stereocenters. The van der Waals surface area contributed by atoms with Crippen LogP contribution in [-0.4, -0.2) is 4.57 Å². The second-order valence-corrected chi connectivity index (χ2v) is 7.51. The van der Waals surface area contributed by atoms with Crippen molar-refractivity contribution in [2.45, 2.75) is 13.8 Å². The molecule has 1 aromatic heterocycles. The molecule has 1 aliphatic heterocycles. The zero-order chi connectivity index (χ0) is 18.8. The number of fused-ring (bicyclic) bond motifs is 3. The van der Waals surface area contributed by atoms with Gasteiger partial charge in [-0.25, -0.2) is 0 Å². The quantitative estimate of drug-likeness (QED) is 0.276. The number of para-hydroxylation sites is 1. The summed E-state index contributed by atoms with van der Waals surface area (Å²) < 4.78 is 10.6. The summed E-state index contributed by atoms with van der Waals surface area (Å²) in [6.07, 6.45) is 3.58. The lowest BCUT2D eigenvalue weighted by molar-refractivity contribution is -0.575. The number of ether oxygens (including phenoxy) is 1. The van der Waals surface area contributed by atoms with E-state index in [9.17, 15) is 0 Å². The molecule has 0 atom stereocenters. The van der Waals surface area contributed by atoms with Gasteiger partial charge in [0, 0.05) is 0 Å². The van der Waals surface area contributed by atoms with E-state index in [0.29, 0.717) is 0 Å². The number of aromatic nitrogens is 2. The van der Waals surface area contributed by atoms with Gasteiger partial charge in [0.15, 0.2) is 0 Å². The van der Waals surface area contributed by atoms with Crippen molar-refractivity contribution in [3.8, 4) is 22.9 Å². The van der Waals surface area contributed by atoms with Crippen molar-refractivity contribution in [2.75, 3.05) is 0 Å². The highest BCUT2D eigenvalue weighted by Gasteiger charge is 2.24. The van der Waals surface area contributed by atoms with Crippen molar-refractivity contribution < 1.29 is 9.30 Å². The second kappa shape index (κ2) is 5.46. The topological polar surface area (TPSA) is 18.0 Å². The van der Waals surface area contributed by atoms with E-state index in [1.807, 2.05) is 12.1 Å². The lowest BCUT2D eigenvalue weighted by Gasteiger charge is -2.20. The molecular weight excluding hydrogens is 344 g/mol. The molecule has 0 saturated carbocycles. The fraction of sp³-hybridized carbons (Fsp3) is 0.0800. The first kappa shape index (κ1) is 15.5. The maximum Gasteiger partial charge on any atom is 0.270 e. The van der Waals surface area contributed by atoms with Crippen molar-refractivity contribution in [3.05, 3.63) is 90.3 Å². The van der Waals surface area contributed by atoms with Gasteiger partial charge in [-0.1, -0.05) is 53.6 Å². The monoisotopic (exact) mass is 362 g/mol. The van der Waals surface area contributed by atoms with Crippen molar-refractivity contribution in [2.24, 2.45) is 0 Å². The summed E-state index contributed by atoms with van der Waals surface area (Å²) in [7, 11) is 0. The van der Waals surface area contributed by atoms with Gasteiger partial charge in [0.2, 0.25) is 0 Å². The number of hydrogen-bond acceptors (Lipinski definition) is 1. The van der Waals surface area contributed by atoms with Gasteiger partial charge in [0.25, 0.3) is 6.33 Å². The molecule has 0 radical (unpaired) electrons. The lowest BCUT2D eigenvalue weighted by atomic mass is 10.1. The van der Waals surface area contributed by atoms with Crippen LogP contribution in [0.25, 0.3) is 33.2 Å². The third-order valence-electron chi connectivity index (χ3n) is 5.39. The zero-order valence-electron chi connectivity index (χ0n) is 15.7. The fourth-order valence-corrected chi connectivity index (χ4v) is 4.24. The van der Waals surface area contributed by atoms with Crippen LogP contribution in [0.15, 0.2) is 72.8 Å². The molecule has 0 N–H and O–H groups in total. The van der Waals surface area contributed by atoms with Gasteiger partial charge in [-0.2, -0.15) is 0 Å². The lowest BCUT2D eigenvalue weighted by Crippen LogP contribution is -2.32. The Morgan fingerprint density at radius 3 is 2.32 bits per heavy atom. The fourth-order valence-electron chi connectivity index (χ4n) is 4.24. The van der Waals surface area contributed by atoms with Crippen LogP contribution in [0.1, 0.15) is 11.1 Å². The average molecular weight is 362 g/mol. The summed E-state index contributed by atoms with van der Waals surface area (Å²) in [5.41, 5.74) is 6.75. The van der Waals surface area contributed by atoms with Crippen LogP contribution in [-0.2, 0) is 0 Å². The molecule has 2 heterocycles. The Morgan fingerprint density at radius 2 is 1.54 bits per heavy atom. The van der Waals surface area contributed by atoms with E-state index in [-0.39, 0.29) is 0 Å². The van der Waals surface area contributed by atoms with E-state index in [1.54, 1.807) is 0 Å². The Bertz CT molecular complexity index is 1390. The third-order valence-corrected chi connectivity index (χ3v) is 5.39. The first-order valence-corrected chi connectivity index (χ1v) is 9.46. The largest absolute Gasteiger partial charge is 0.465 e. The van der Waals surface area contributed by atoms with Gasteiger partial charge in [0.1, 0.15) is 22.7 Å². The molecule has 5 aromatic rings. The highest BCUT2D eigenvalue weighted by Crippen LogP contribution is 2.38. The molecule has 3 nitrogen and oxygen atoms in total. The minimum Gasteiger partial charge on any atom is -0.465 e. The van der Waals surface area contributed by atoms with Gasteiger partial charge >= 0.3 is 0 Å². The standard InChI is InChI=1S/C25H18N2O/c1-16-10-17(2)12-20(11-16)26-15-27-22-13-18-6-3-4-7-19(18)14-24(22)28-23-9-5-8-21(26)25(23)27/h3-14H,1-2H3. The molecule has 3 heteroatoms. The number of benzene rings is 4. The molecule has 134 valence electrons. The van der Waals surface area contributed by atoms with Crippen molar-refractivity contribution in [1.82, 2.24) is 4.57 Å². The minimum atomic E-state index is 0.859. The van der Waals surface area contributed by atoms with Crippen molar-refractivity contribution in [1.29, 1.82) is 0 Å². The van der Waals surface area contributed by atoms with Crippen molar-refractivity contribution in [3.63, 3.8) is 0 Å². The SMILES string of the molecule is Cc1cc(C)cc(-n2[c-][n+]3c4c(cccc42)Oc2cc4ccccc4cc2-3)c1. The van der Waals surface area contributed by atoms with Crippen LogP contribution in [0, 0.1) is 20.2 Å². The van der Waals surface area contributed by atoms with Gasteiger partial charge in [0.05, 0.1) is 11.2 Å². The molecule has 6 rings (SSSR count). The molecule has 0 spiro atoms. The Kier molecular flexibility index (Phi) is 3.01. The average Bonchev–Trinajstić information content (AvgIpc) is 3.08. The molecule has 0 fully saturated rings. The van der Waals surface area contributed by atoms with Gasteiger partial charge in [-0.05, 0) is 55.0 Å². The Labute approximate surface area is 163 Å². The van der Waals surface area contributed by atoms with Crippen LogP contribution in [0.5, 0.6) is 11.5 Å². The Hall–Kier alpha value is -3.59. The zero-order valence-corrected chi connectivity index (χ0v) is 15.7. The first-order chi connectivity index (χ1) is 13.7. The Balaban J connectivity index is 1.69. The molecular formula is C25H18N2O. The number of nitrogens with zero attached hydrogens (tertiary/aromatic N) is 2. The van der Waals surface area contributed by atoms with E-state index in [4.69, 9.17) is 4.74 Å². The van der Waals surface area contributed by atoms with Crippen LogP contribution < -0.4 is 9.30 Å². The molecule has 0 bridgehead atoms. The van der Waals surface area contributed by atoms with E-state index in [0.717, 1.165) is 33.9 Å². The van der Waals surface area contributed by atoms with E-state index in [1.165, 1.54) is 21.9 Å². The summed E-state index contributed by atoms with van der Waals surface area (Å²) in [5, 5.41) is 2.36. The van der Waals surface area contributed by atoms with E-state index in [2.05, 4.69) is 90.0 Å². The third kappa shape index (κ3) is 2.13. The van der Waals surface area contributed by atoms with Gasteiger partial charge in [-0.3, -0.25) is 9.13 Å². The molecule has 28 heavy (non-hydrogen) atoms. The predicted molar refractivity (Wildman–Crippen MR) is 111 cm³/mol. The summed E-state index contributed by atoms with van der Waals surface area (Å²) in [6.45, 7) is 4.26. The molecule has 0 amide bonds. The molecule has 0 saturated heterocycles. The summed E-state index contributed by atoms with van der Waals surface area (Å²) in [5.74, 6) is 1.72.